The first kappa shape index (κ1) is 15.3. The number of Topliss-reactive ketones (excluding diaryl/α,β-unsaturated/α-hetero) is 1. The summed E-state index contributed by atoms with van der Waals surface area (Å²) in [6.07, 6.45) is 1.65. The normalized spacial score (nSPS) is 10.5. The fourth-order valence-electron chi connectivity index (χ4n) is 2.07. The van der Waals surface area contributed by atoms with E-state index < -0.39 is 0 Å². The van der Waals surface area contributed by atoms with Crippen molar-refractivity contribution in [3.63, 3.8) is 0 Å². The fourth-order valence-corrected chi connectivity index (χ4v) is 2.20. The van der Waals surface area contributed by atoms with Crippen molar-refractivity contribution in [2.75, 3.05) is 0 Å². The van der Waals surface area contributed by atoms with Crippen LogP contribution in [0.5, 0.6) is 5.75 Å². The number of aromatic nitrogens is 1. The average molecular weight is 328 g/mol. The van der Waals surface area contributed by atoms with Crippen molar-refractivity contribution in [2.24, 2.45) is 0 Å². The molecule has 0 spiro atoms. The molecule has 0 fully saturated rings. The highest BCUT2D eigenvalue weighted by Gasteiger charge is 2.08. The van der Waals surface area contributed by atoms with Gasteiger partial charge in [0.2, 0.25) is 5.89 Å². The lowest BCUT2D eigenvalue weighted by Gasteiger charge is -2.04. The number of ketones is 1. The summed E-state index contributed by atoms with van der Waals surface area (Å²) in [5.41, 5.74) is 1.50. The molecule has 23 heavy (non-hydrogen) atoms. The predicted molar refractivity (Wildman–Crippen MR) is 87.7 cm³/mol. The lowest BCUT2D eigenvalue weighted by atomic mass is 10.1. The molecule has 1 aromatic heterocycles. The zero-order valence-corrected chi connectivity index (χ0v) is 13.2. The predicted octanol–water partition coefficient (Wildman–Crippen LogP) is 4.78. The van der Waals surface area contributed by atoms with Crippen LogP contribution in [-0.2, 0) is 6.61 Å². The third-order valence-corrected chi connectivity index (χ3v) is 3.54. The van der Waals surface area contributed by atoms with Gasteiger partial charge in [-0.3, -0.25) is 4.79 Å². The maximum Gasteiger partial charge on any atom is 0.232 e. The van der Waals surface area contributed by atoms with Crippen LogP contribution in [0.3, 0.4) is 0 Å². The van der Waals surface area contributed by atoms with Gasteiger partial charge in [-0.05, 0) is 43.3 Å². The first-order chi connectivity index (χ1) is 11.1. The molecule has 0 aliphatic carbocycles. The SMILES string of the molecule is CC(=O)c1cccc(OCc2ncc(-c3ccc(Cl)cc3)o2)c1. The Kier molecular flexibility index (Phi) is 4.44. The van der Waals surface area contributed by atoms with Gasteiger partial charge in [0.1, 0.15) is 5.75 Å². The first-order valence-corrected chi connectivity index (χ1v) is 7.44. The summed E-state index contributed by atoms with van der Waals surface area (Å²) in [7, 11) is 0. The molecule has 116 valence electrons. The third-order valence-electron chi connectivity index (χ3n) is 3.29. The minimum absolute atomic E-state index is 0.00315. The fraction of sp³-hybridized carbons (Fsp3) is 0.111. The van der Waals surface area contributed by atoms with Gasteiger partial charge in [-0.15, -0.1) is 0 Å². The van der Waals surface area contributed by atoms with Gasteiger partial charge in [-0.25, -0.2) is 4.98 Å². The quantitative estimate of drug-likeness (QED) is 0.633. The monoisotopic (exact) mass is 327 g/mol. The van der Waals surface area contributed by atoms with Crippen molar-refractivity contribution in [3.8, 4) is 17.1 Å². The molecule has 0 saturated carbocycles. The van der Waals surface area contributed by atoms with Crippen molar-refractivity contribution in [2.45, 2.75) is 13.5 Å². The van der Waals surface area contributed by atoms with Gasteiger partial charge < -0.3 is 9.15 Å². The summed E-state index contributed by atoms with van der Waals surface area (Å²) in [5, 5.41) is 0.669. The zero-order valence-electron chi connectivity index (χ0n) is 12.5. The van der Waals surface area contributed by atoms with Crippen LogP contribution in [0, 0.1) is 0 Å². The van der Waals surface area contributed by atoms with Crippen LogP contribution >= 0.6 is 11.6 Å². The number of halogens is 1. The van der Waals surface area contributed by atoms with E-state index in [1.54, 1.807) is 42.6 Å². The van der Waals surface area contributed by atoms with E-state index in [2.05, 4.69) is 4.98 Å². The van der Waals surface area contributed by atoms with Crippen LogP contribution in [0.2, 0.25) is 5.02 Å². The van der Waals surface area contributed by atoms with E-state index in [9.17, 15) is 4.79 Å². The summed E-state index contributed by atoms with van der Waals surface area (Å²) in [4.78, 5) is 15.6. The number of rotatable bonds is 5. The molecule has 0 amide bonds. The van der Waals surface area contributed by atoms with E-state index in [0.717, 1.165) is 5.56 Å². The van der Waals surface area contributed by atoms with E-state index in [0.29, 0.717) is 28.0 Å². The van der Waals surface area contributed by atoms with Crippen LogP contribution < -0.4 is 4.74 Å². The van der Waals surface area contributed by atoms with Gasteiger partial charge in [-0.1, -0.05) is 23.7 Å². The second kappa shape index (κ2) is 6.67. The van der Waals surface area contributed by atoms with Gasteiger partial charge in [0, 0.05) is 16.1 Å². The molecular weight excluding hydrogens is 314 g/mol. The maximum atomic E-state index is 11.4. The van der Waals surface area contributed by atoms with E-state index in [-0.39, 0.29) is 12.4 Å². The topological polar surface area (TPSA) is 52.3 Å². The van der Waals surface area contributed by atoms with Crippen molar-refractivity contribution >= 4 is 17.4 Å². The number of hydrogen-bond acceptors (Lipinski definition) is 4. The van der Waals surface area contributed by atoms with Gasteiger partial charge in [-0.2, -0.15) is 0 Å². The van der Waals surface area contributed by atoms with E-state index >= 15 is 0 Å². The molecule has 0 radical (unpaired) electrons. The van der Waals surface area contributed by atoms with Crippen LogP contribution in [0.15, 0.2) is 59.1 Å². The lowest BCUT2D eigenvalue weighted by molar-refractivity contribution is 0.101. The van der Waals surface area contributed by atoms with E-state index in [1.807, 2.05) is 12.1 Å². The summed E-state index contributed by atoms with van der Waals surface area (Å²) in [6.45, 7) is 1.71. The Balaban J connectivity index is 1.69. The second-order valence-corrected chi connectivity index (χ2v) is 5.43. The number of hydrogen-bond donors (Lipinski definition) is 0. The zero-order chi connectivity index (χ0) is 16.2. The van der Waals surface area contributed by atoms with Crippen LogP contribution in [0.25, 0.3) is 11.3 Å². The lowest BCUT2D eigenvalue weighted by Crippen LogP contribution is -1.97. The van der Waals surface area contributed by atoms with Crippen molar-refractivity contribution in [1.29, 1.82) is 0 Å². The molecular formula is C18H14ClNO3. The standard InChI is InChI=1S/C18H14ClNO3/c1-12(21)14-3-2-4-16(9-14)22-11-18-20-10-17(23-18)13-5-7-15(19)8-6-13/h2-10H,11H2,1H3. The van der Waals surface area contributed by atoms with Crippen molar-refractivity contribution in [1.82, 2.24) is 4.98 Å². The number of carbonyl (C=O) groups excluding carboxylic acids is 1. The second-order valence-electron chi connectivity index (χ2n) is 5.00. The van der Waals surface area contributed by atoms with Crippen LogP contribution in [-0.4, -0.2) is 10.8 Å². The smallest absolute Gasteiger partial charge is 0.232 e. The summed E-state index contributed by atoms with van der Waals surface area (Å²) >= 11 is 5.87. The Morgan fingerprint density at radius 2 is 2.00 bits per heavy atom. The summed E-state index contributed by atoms with van der Waals surface area (Å²) in [5.74, 6) is 1.71. The largest absolute Gasteiger partial charge is 0.484 e. The minimum atomic E-state index is -0.00315. The minimum Gasteiger partial charge on any atom is -0.484 e. The number of carbonyl (C=O) groups is 1. The number of ether oxygens (including phenoxy) is 1. The Morgan fingerprint density at radius 1 is 1.22 bits per heavy atom. The highest BCUT2D eigenvalue weighted by molar-refractivity contribution is 6.30. The molecule has 5 heteroatoms. The van der Waals surface area contributed by atoms with Gasteiger partial charge in [0.15, 0.2) is 18.2 Å². The molecule has 3 aromatic rings. The Bertz CT molecular complexity index is 824. The maximum absolute atomic E-state index is 11.4. The van der Waals surface area contributed by atoms with Crippen molar-refractivity contribution < 1.29 is 13.9 Å². The highest BCUT2D eigenvalue weighted by atomic mass is 35.5. The van der Waals surface area contributed by atoms with Crippen molar-refractivity contribution in [3.05, 3.63) is 71.2 Å². The van der Waals surface area contributed by atoms with Gasteiger partial charge >= 0.3 is 0 Å². The molecule has 2 aromatic carbocycles. The van der Waals surface area contributed by atoms with Crippen LogP contribution in [0.4, 0.5) is 0 Å². The van der Waals surface area contributed by atoms with E-state index in [1.165, 1.54) is 6.92 Å². The highest BCUT2D eigenvalue weighted by Crippen LogP contribution is 2.23. The molecule has 4 nitrogen and oxygen atoms in total. The molecule has 1 heterocycles. The first-order valence-electron chi connectivity index (χ1n) is 7.06. The molecule has 0 atom stereocenters. The molecule has 0 aliphatic heterocycles. The third kappa shape index (κ3) is 3.79. The Labute approximate surface area is 138 Å². The number of benzene rings is 2. The van der Waals surface area contributed by atoms with Gasteiger partial charge in [0.25, 0.3) is 0 Å². The Hall–Kier alpha value is -2.59. The van der Waals surface area contributed by atoms with E-state index in [4.69, 9.17) is 20.8 Å². The van der Waals surface area contributed by atoms with Crippen LogP contribution in [0.1, 0.15) is 23.2 Å². The number of oxazole rings is 1. The summed E-state index contributed by atoms with van der Waals surface area (Å²) in [6, 6.07) is 14.3. The molecule has 0 saturated heterocycles. The molecule has 0 aliphatic rings. The molecule has 3 rings (SSSR count). The average Bonchev–Trinajstić information content (AvgIpc) is 3.03. The summed E-state index contributed by atoms with van der Waals surface area (Å²) < 4.78 is 11.3. The number of nitrogens with zero attached hydrogens (tertiary/aromatic N) is 1. The molecule has 0 bridgehead atoms. The molecule has 0 unspecified atom stereocenters. The van der Waals surface area contributed by atoms with Gasteiger partial charge in [0.05, 0.1) is 6.20 Å². The Morgan fingerprint density at radius 3 is 2.74 bits per heavy atom. The molecule has 0 N–H and O–H groups in total.